The van der Waals surface area contributed by atoms with Crippen molar-refractivity contribution < 1.29 is 14.0 Å². The van der Waals surface area contributed by atoms with Crippen LogP contribution in [0.5, 0.6) is 0 Å². The van der Waals surface area contributed by atoms with Crippen LogP contribution in [0.25, 0.3) is 11.5 Å². The SMILES string of the molecule is Cc1ccccc1CN1C(=O)c2cc(-c3ccco3)nn2CC1(C)C(=O)NC1CCCCCCC1. The summed E-state index contributed by atoms with van der Waals surface area (Å²) in [6, 6.07) is 13.6. The molecule has 3 heterocycles. The highest BCUT2D eigenvalue weighted by atomic mass is 16.3. The van der Waals surface area contributed by atoms with E-state index in [1.54, 1.807) is 28.0 Å². The van der Waals surface area contributed by atoms with Gasteiger partial charge >= 0.3 is 0 Å². The summed E-state index contributed by atoms with van der Waals surface area (Å²) < 4.78 is 7.19. The first-order valence-corrected chi connectivity index (χ1v) is 12.7. The Balaban J connectivity index is 1.49. The zero-order valence-corrected chi connectivity index (χ0v) is 20.6. The molecule has 0 bridgehead atoms. The van der Waals surface area contributed by atoms with Gasteiger partial charge in [0.05, 0.1) is 12.8 Å². The molecule has 1 aromatic carbocycles. The van der Waals surface area contributed by atoms with Crippen LogP contribution in [0.3, 0.4) is 0 Å². The number of benzene rings is 1. The third kappa shape index (κ3) is 4.64. The molecule has 1 fully saturated rings. The molecule has 1 N–H and O–H groups in total. The molecule has 3 aromatic rings. The number of fused-ring (bicyclic) bond motifs is 1. The number of hydrogen-bond acceptors (Lipinski definition) is 4. The Morgan fingerprint density at radius 3 is 2.57 bits per heavy atom. The molecule has 1 aliphatic heterocycles. The molecule has 1 atom stereocenters. The summed E-state index contributed by atoms with van der Waals surface area (Å²) in [4.78, 5) is 29.5. The van der Waals surface area contributed by atoms with E-state index in [1.807, 2.05) is 44.2 Å². The first kappa shape index (κ1) is 23.4. The topological polar surface area (TPSA) is 80.4 Å². The predicted molar refractivity (Wildman–Crippen MR) is 134 cm³/mol. The van der Waals surface area contributed by atoms with Crippen molar-refractivity contribution in [1.82, 2.24) is 20.0 Å². The summed E-state index contributed by atoms with van der Waals surface area (Å²) in [6.45, 7) is 4.56. The molecule has 1 unspecified atom stereocenters. The van der Waals surface area contributed by atoms with Crippen LogP contribution in [0.1, 0.15) is 73.5 Å². The quantitative estimate of drug-likeness (QED) is 0.558. The number of amides is 2. The second-order valence-corrected chi connectivity index (χ2v) is 10.2. The molecule has 7 heteroatoms. The molecule has 0 radical (unpaired) electrons. The summed E-state index contributed by atoms with van der Waals surface area (Å²) in [5.74, 6) is 0.302. The van der Waals surface area contributed by atoms with Crippen LogP contribution in [-0.4, -0.2) is 38.1 Å². The average molecular weight is 475 g/mol. The van der Waals surface area contributed by atoms with Gasteiger partial charge in [-0.25, -0.2) is 0 Å². The smallest absolute Gasteiger partial charge is 0.273 e. The number of aryl methyl sites for hydroxylation is 1. The fraction of sp³-hybridized carbons (Fsp3) is 0.464. The highest BCUT2D eigenvalue weighted by molar-refractivity contribution is 6.00. The minimum Gasteiger partial charge on any atom is -0.463 e. The summed E-state index contributed by atoms with van der Waals surface area (Å²) in [5, 5.41) is 7.97. The van der Waals surface area contributed by atoms with Crippen molar-refractivity contribution in [3.63, 3.8) is 0 Å². The van der Waals surface area contributed by atoms with Crippen LogP contribution in [0.15, 0.2) is 53.1 Å². The number of nitrogens with one attached hydrogen (secondary N) is 1. The second kappa shape index (κ2) is 9.72. The van der Waals surface area contributed by atoms with E-state index >= 15 is 0 Å². The van der Waals surface area contributed by atoms with Crippen LogP contribution in [0.2, 0.25) is 0 Å². The highest BCUT2D eigenvalue weighted by Crippen LogP contribution is 2.32. The summed E-state index contributed by atoms with van der Waals surface area (Å²) in [7, 11) is 0. The molecule has 184 valence electrons. The minimum absolute atomic E-state index is 0.106. The van der Waals surface area contributed by atoms with E-state index in [0.717, 1.165) is 36.8 Å². The van der Waals surface area contributed by atoms with Gasteiger partial charge in [-0.2, -0.15) is 5.10 Å². The molecule has 1 aliphatic carbocycles. The van der Waals surface area contributed by atoms with Crippen molar-refractivity contribution in [2.75, 3.05) is 0 Å². The van der Waals surface area contributed by atoms with Crippen LogP contribution >= 0.6 is 0 Å². The van der Waals surface area contributed by atoms with Gasteiger partial charge in [-0.1, -0.05) is 56.4 Å². The lowest BCUT2D eigenvalue weighted by molar-refractivity contribution is -0.134. The molecule has 5 rings (SSSR count). The molecule has 35 heavy (non-hydrogen) atoms. The molecular formula is C28H34N4O3. The third-order valence-electron chi connectivity index (χ3n) is 7.59. The maximum Gasteiger partial charge on any atom is 0.273 e. The molecule has 2 amide bonds. The van der Waals surface area contributed by atoms with E-state index < -0.39 is 5.54 Å². The normalized spacial score (nSPS) is 21.3. The van der Waals surface area contributed by atoms with E-state index in [4.69, 9.17) is 4.42 Å². The van der Waals surface area contributed by atoms with Crippen LogP contribution in [0, 0.1) is 6.92 Å². The second-order valence-electron chi connectivity index (χ2n) is 10.2. The lowest BCUT2D eigenvalue weighted by Crippen LogP contribution is -2.64. The molecular weight excluding hydrogens is 440 g/mol. The van der Waals surface area contributed by atoms with Crippen molar-refractivity contribution in [2.24, 2.45) is 0 Å². The van der Waals surface area contributed by atoms with Gasteiger partial charge in [0.2, 0.25) is 5.91 Å². The molecule has 2 aromatic heterocycles. The lowest BCUT2D eigenvalue weighted by atomic mass is 9.91. The summed E-state index contributed by atoms with van der Waals surface area (Å²) in [5.41, 5.74) is 2.13. The van der Waals surface area contributed by atoms with E-state index in [0.29, 0.717) is 30.2 Å². The monoisotopic (exact) mass is 474 g/mol. The van der Waals surface area contributed by atoms with Gasteiger partial charge in [0.15, 0.2) is 5.76 Å². The van der Waals surface area contributed by atoms with Crippen LogP contribution < -0.4 is 5.32 Å². The number of hydrogen-bond donors (Lipinski definition) is 1. The highest BCUT2D eigenvalue weighted by Gasteiger charge is 2.48. The Morgan fingerprint density at radius 2 is 1.86 bits per heavy atom. The first-order valence-electron chi connectivity index (χ1n) is 12.7. The maximum absolute atomic E-state index is 13.9. The van der Waals surface area contributed by atoms with Crippen LogP contribution in [0.4, 0.5) is 0 Å². The predicted octanol–water partition coefficient (Wildman–Crippen LogP) is 5.10. The lowest BCUT2D eigenvalue weighted by Gasteiger charge is -2.44. The fourth-order valence-corrected chi connectivity index (χ4v) is 5.33. The molecule has 0 spiro atoms. The Bertz CT molecular complexity index is 1190. The van der Waals surface area contributed by atoms with E-state index in [1.165, 1.54) is 19.3 Å². The Labute approximate surface area is 206 Å². The van der Waals surface area contributed by atoms with Gasteiger partial charge in [-0.15, -0.1) is 0 Å². The van der Waals surface area contributed by atoms with Crippen molar-refractivity contribution in [3.05, 3.63) is 65.5 Å². The molecule has 2 aliphatic rings. The number of carbonyl (C=O) groups excluding carboxylic acids is 2. The Morgan fingerprint density at radius 1 is 1.11 bits per heavy atom. The number of aromatic nitrogens is 2. The minimum atomic E-state index is -1.07. The zero-order valence-electron chi connectivity index (χ0n) is 20.6. The maximum atomic E-state index is 13.9. The summed E-state index contributed by atoms with van der Waals surface area (Å²) in [6.07, 6.45) is 9.53. The van der Waals surface area contributed by atoms with Gasteiger partial charge in [0.1, 0.15) is 16.9 Å². The van der Waals surface area contributed by atoms with Crippen molar-refractivity contribution in [1.29, 1.82) is 0 Å². The summed E-state index contributed by atoms with van der Waals surface area (Å²) >= 11 is 0. The van der Waals surface area contributed by atoms with Crippen LogP contribution in [-0.2, 0) is 17.9 Å². The van der Waals surface area contributed by atoms with Crippen molar-refractivity contribution in [3.8, 4) is 11.5 Å². The van der Waals surface area contributed by atoms with Gasteiger partial charge in [-0.05, 0) is 49.9 Å². The van der Waals surface area contributed by atoms with E-state index in [-0.39, 0.29) is 17.9 Å². The Kier molecular flexibility index (Phi) is 6.50. The average Bonchev–Trinajstić information content (AvgIpc) is 3.49. The van der Waals surface area contributed by atoms with Crippen molar-refractivity contribution >= 4 is 11.8 Å². The van der Waals surface area contributed by atoms with Gasteiger partial charge < -0.3 is 14.6 Å². The molecule has 1 saturated carbocycles. The third-order valence-corrected chi connectivity index (χ3v) is 7.59. The van der Waals surface area contributed by atoms with E-state index in [2.05, 4.69) is 10.4 Å². The van der Waals surface area contributed by atoms with Gasteiger partial charge in [-0.3, -0.25) is 14.3 Å². The number of nitrogens with zero attached hydrogens (tertiary/aromatic N) is 3. The Hall–Kier alpha value is -3.35. The van der Waals surface area contributed by atoms with E-state index in [9.17, 15) is 9.59 Å². The number of furan rings is 1. The van der Waals surface area contributed by atoms with Gasteiger partial charge in [0.25, 0.3) is 5.91 Å². The number of carbonyl (C=O) groups is 2. The molecule has 7 nitrogen and oxygen atoms in total. The van der Waals surface area contributed by atoms with Gasteiger partial charge in [0, 0.05) is 18.7 Å². The number of rotatable bonds is 5. The zero-order chi connectivity index (χ0) is 24.4. The first-order chi connectivity index (χ1) is 17.0. The van der Waals surface area contributed by atoms with Crippen molar-refractivity contribution in [2.45, 2.75) is 83.5 Å². The fourth-order valence-electron chi connectivity index (χ4n) is 5.33. The standard InChI is InChI=1S/C28H34N4O3/c1-20-11-8-9-12-21(20)18-31-26(33)24-17-23(25-15-10-16-35-25)30-32(24)19-28(31,2)27(34)29-22-13-6-4-3-5-7-14-22/h8-12,15-17,22H,3-7,13-14,18-19H2,1-2H3,(H,29,34). The molecule has 0 saturated heterocycles. The largest absolute Gasteiger partial charge is 0.463 e.